The van der Waals surface area contributed by atoms with Gasteiger partial charge >= 0.3 is 11.9 Å². The van der Waals surface area contributed by atoms with Gasteiger partial charge in [-0.25, -0.2) is 0 Å². The van der Waals surface area contributed by atoms with Crippen molar-refractivity contribution in [3.05, 3.63) is 0 Å². The third kappa shape index (κ3) is 2.21. The fourth-order valence-corrected chi connectivity index (χ4v) is 0.606. The summed E-state index contributed by atoms with van der Waals surface area (Å²) in [6.45, 7) is 0. The van der Waals surface area contributed by atoms with Gasteiger partial charge in [-0.15, -0.1) is 0 Å². The van der Waals surface area contributed by atoms with E-state index in [-0.39, 0.29) is 16.6 Å². The number of esters is 2. The number of halogens is 1. The molecule has 0 radical (unpaired) electrons. The van der Waals surface area contributed by atoms with Crippen LogP contribution in [0.15, 0.2) is 0 Å². The van der Waals surface area contributed by atoms with E-state index in [1.54, 1.807) is 0 Å². The highest BCUT2D eigenvalue weighted by Gasteiger charge is 2.15. The Bertz CT molecular complexity index is 118. The van der Waals surface area contributed by atoms with Crippen LogP contribution < -0.4 is 0 Å². The Hall–Kier alpha value is -0.930. The zero-order valence-electron chi connectivity index (χ0n) is 4.75. The van der Waals surface area contributed by atoms with Gasteiger partial charge in [0, 0.05) is 12.8 Å². The van der Waals surface area contributed by atoms with Crippen LogP contribution in [0.25, 0.3) is 0 Å². The quantitative estimate of drug-likeness (QED) is 0.355. The topological polar surface area (TPSA) is 43.4 Å². The van der Waals surface area contributed by atoms with Crippen LogP contribution in [0.1, 0.15) is 19.3 Å². The van der Waals surface area contributed by atoms with E-state index in [2.05, 4.69) is 4.74 Å². The average molecular weight is 134 g/mol. The number of hydrogen-bond acceptors (Lipinski definition) is 3. The van der Waals surface area contributed by atoms with Gasteiger partial charge in [0.15, 0.2) is 0 Å². The first-order chi connectivity index (χ1) is 3.79. The molecule has 1 aliphatic heterocycles. The molecule has 0 saturated carbocycles. The van der Waals surface area contributed by atoms with Crippen LogP contribution in [0.3, 0.4) is 0 Å². The lowest BCUT2D eigenvalue weighted by Crippen LogP contribution is -2.17. The maximum Gasteiger partial charge on any atom is 0.313 e. The van der Waals surface area contributed by atoms with Gasteiger partial charge in [0.2, 0.25) is 0 Å². The highest BCUT2D eigenvalue weighted by molar-refractivity contribution is 5.87. The summed E-state index contributed by atoms with van der Waals surface area (Å²) in [7, 11) is 0. The third-order valence-corrected chi connectivity index (χ3v) is 0.989. The molecule has 1 rings (SSSR count). The van der Waals surface area contributed by atoms with Gasteiger partial charge in [0.05, 0.1) is 0 Å². The first-order valence-corrected chi connectivity index (χ1v) is 2.52. The molecule has 1 heterocycles. The lowest BCUT2D eigenvalue weighted by atomic mass is 10.2. The second-order valence-corrected chi connectivity index (χ2v) is 1.70. The second kappa shape index (κ2) is 3.17. The van der Waals surface area contributed by atoms with E-state index in [4.69, 9.17) is 0 Å². The predicted octanol–water partition coefficient (Wildman–Crippen LogP) is 0.393. The average Bonchev–Trinajstić information content (AvgIpc) is 1.64. The third-order valence-electron chi connectivity index (χ3n) is 0.989. The van der Waals surface area contributed by atoms with E-state index in [9.17, 15) is 9.59 Å². The molecular weight excluding hydrogens is 127 g/mol. The Balaban J connectivity index is 0.000000640. The molecule has 0 aromatic heterocycles. The van der Waals surface area contributed by atoms with Crippen LogP contribution in [0.4, 0.5) is 4.70 Å². The first kappa shape index (κ1) is 8.07. The summed E-state index contributed by atoms with van der Waals surface area (Å²) in [4.78, 5) is 20.5. The molecule has 3 nitrogen and oxygen atoms in total. The molecule has 0 amide bonds. The maximum atomic E-state index is 10.2. The summed E-state index contributed by atoms with van der Waals surface area (Å²) in [6, 6.07) is 0. The van der Waals surface area contributed by atoms with Crippen molar-refractivity contribution in [2.24, 2.45) is 0 Å². The summed E-state index contributed by atoms with van der Waals surface area (Å²) in [6.07, 6.45) is 1.44. The largest absolute Gasteiger partial charge is 0.393 e. The molecule has 0 atom stereocenters. The Kier molecular flexibility index (Phi) is 2.84. The lowest BCUT2D eigenvalue weighted by Gasteiger charge is -2.06. The van der Waals surface area contributed by atoms with E-state index in [1.165, 1.54) is 0 Å². The Morgan fingerprint density at radius 2 is 1.56 bits per heavy atom. The van der Waals surface area contributed by atoms with Gasteiger partial charge in [0.25, 0.3) is 0 Å². The van der Waals surface area contributed by atoms with Crippen molar-refractivity contribution in [2.45, 2.75) is 19.3 Å². The van der Waals surface area contributed by atoms with E-state index in [0.29, 0.717) is 19.3 Å². The molecule has 1 saturated heterocycles. The van der Waals surface area contributed by atoms with Gasteiger partial charge in [-0.1, -0.05) is 0 Å². The number of hydrogen-bond donors (Lipinski definition) is 0. The molecule has 52 valence electrons. The number of carbonyl (C=O) groups is 2. The Morgan fingerprint density at radius 1 is 1.11 bits per heavy atom. The SMILES string of the molecule is F.O=C1CCCC(=O)O1. The second-order valence-electron chi connectivity index (χ2n) is 1.70. The summed E-state index contributed by atoms with van der Waals surface area (Å²) in [5.74, 6) is -0.775. The van der Waals surface area contributed by atoms with E-state index in [1.807, 2.05) is 0 Å². The number of cyclic esters (lactones) is 2. The van der Waals surface area contributed by atoms with Crippen LogP contribution in [-0.4, -0.2) is 11.9 Å². The molecule has 1 fully saturated rings. The van der Waals surface area contributed by atoms with Gasteiger partial charge in [-0.05, 0) is 6.42 Å². The Morgan fingerprint density at radius 3 is 1.78 bits per heavy atom. The van der Waals surface area contributed by atoms with Crippen molar-refractivity contribution in [2.75, 3.05) is 0 Å². The molecule has 0 aliphatic carbocycles. The van der Waals surface area contributed by atoms with E-state index >= 15 is 0 Å². The van der Waals surface area contributed by atoms with E-state index < -0.39 is 0 Å². The molecule has 0 bridgehead atoms. The molecule has 9 heavy (non-hydrogen) atoms. The van der Waals surface area contributed by atoms with Crippen molar-refractivity contribution in [3.8, 4) is 0 Å². The van der Waals surface area contributed by atoms with Crippen LogP contribution in [-0.2, 0) is 14.3 Å². The maximum absolute atomic E-state index is 10.2. The molecule has 0 aromatic carbocycles. The monoisotopic (exact) mass is 134 g/mol. The smallest absolute Gasteiger partial charge is 0.313 e. The van der Waals surface area contributed by atoms with Crippen molar-refractivity contribution in [1.82, 2.24) is 0 Å². The predicted molar refractivity (Wildman–Crippen MR) is 27.5 cm³/mol. The number of carbonyl (C=O) groups excluding carboxylic acids is 2. The first-order valence-electron chi connectivity index (χ1n) is 2.52. The van der Waals surface area contributed by atoms with E-state index in [0.717, 1.165) is 0 Å². The zero-order valence-corrected chi connectivity index (χ0v) is 4.75. The summed E-state index contributed by atoms with van der Waals surface area (Å²) < 4.78 is 4.21. The van der Waals surface area contributed by atoms with Crippen molar-refractivity contribution < 1.29 is 19.0 Å². The van der Waals surface area contributed by atoms with Gasteiger partial charge in [-0.2, -0.15) is 0 Å². The molecule has 0 spiro atoms. The van der Waals surface area contributed by atoms with Gasteiger partial charge in [0.1, 0.15) is 0 Å². The van der Waals surface area contributed by atoms with Crippen molar-refractivity contribution >= 4 is 11.9 Å². The van der Waals surface area contributed by atoms with Gasteiger partial charge < -0.3 is 4.74 Å². The number of ether oxygens (including phenoxy) is 1. The Labute approximate surface area is 51.4 Å². The van der Waals surface area contributed by atoms with Crippen LogP contribution in [0.2, 0.25) is 0 Å². The zero-order chi connectivity index (χ0) is 5.98. The fraction of sp³-hybridized carbons (Fsp3) is 0.600. The molecule has 0 unspecified atom stereocenters. The molecule has 4 heteroatoms. The van der Waals surface area contributed by atoms with Gasteiger partial charge in [-0.3, -0.25) is 14.3 Å². The molecular formula is C5H7FO3. The normalized spacial score (nSPS) is 18.2. The van der Waals surface area contributed by atoms with Crippen LogP contribution in [0, 0.1) is 0 Å². The minimum Gasteiger partial charge on any atom is -0.393 e. The summed E-state index contributed by atoms with van der Waals surface area (Å²) in [5, 5.41) is 0. The molecule has 1 aliphatic rings. The van der Waals surface area contributed by atoms with Crippen molar-refractivity contribution in [3.63, 3.8) is 0 Å². The highest BCUT2D eigenvalue weighted by Crippen LogP contribution is 2.06. The van der Waals surface area contributed by atoms with Crippen LogP contribution in [0.5, 0.6) is 0 Å². The standard InChI is InChI=1S/C5H6O3.FH/c6-4-2-1-3-5(7)8-4;/h1-3H2;1H. The minimum atomic E-state index is -0.388. The highest BCUT2D eigenvalue weighted by atomic mass is 19.0. The number of rotatable bonds is 0. The summed E-state index contributed by atoms with van der Waals surface area (Å²) in [5.41, 5.74) is 0. The molecule has 0 aromatic rings. The fourth-order valence-electron chi connectivity index (χ4n) is 0.606. The molecule has 0 N–H and O–H groups in total. The van der Waals surface area contributed by atoms with Crippen LogP contribution >= 0.6 is 0 Å². The minimum absolute atomic E-state index is 0. The van der Waals surface area contributed by atoms with Crippen molar-refractivity contribution in [1.29, 1.82) is 0 Å². The lowest BCUT2D eigenvalue weighted by molar-refractivity contribution is -0.163. The summed E-state index contributed by atoms with van der Waals surface area (Å²) >= 11 is 0.